The molecule has 1 atom stereocenters. The molecule has 4 aromatic rings. The highest BCUT2D eigenvalue weighted by Gasteiger charge is 2.39. The van der Waals surface area contributed by atoms with Gasteiger partial charge in [0.15, 0.2) is 0 Å². The average molecular weight is 462 g/mol. The second kappa shape index (κ2) is 9.25. The maximum absolute atomic E-state index is 13.4. The second-order valence-corrected chi connectivity index (χ2v) is 7.93. The Morgan fingerprint density at radius 1 is 1.12 bits per heavy atom. The van der Waals surface area contributed by atoms with Crippen molar-refractivity contribution in [3.8, 4) is 11.6 Å². The number of aromatic amines is 1. The number of benzene rings is 2. The molecule has 0 aliphatic carbocycles. The quantitative estimate of drug-likeness (QED) is 0.441. The third kappa shape index (κ3) is 4.63. The number of anilines is 1. The Morgan fingerprint density at radius 3 is 2.76 bits per heavy atom. The zero-order valence-corrected chi connectivity index (χ0v) is 18.3. The van der Waals surface area contributed by atoms with Crippen LogP contribution in [0.4, 0.5) is 10.5 Å². The van der Waals surface area contributed by atoms with E-state index in [0.29, 0.717) is 36.2 Å². The normalized spacial score (nSPS) is 15.8. The van der Waals surface area contributed by atoms with Gasteiger partial charge >= 0.3 is 6.03 Å². The SMILES string of the molecule is O=C1N(CCc2ncn[nH]2)CC(c2cccc(Oc3cnccn3)c2)N1c1ccc(Cl)cc1. The summed E-state index contributed by atoms with van der Waals surface area (Å²) in [5, 5.41) is 7.34. The molecule has 166 valence electrons. The number of nitrogens with zero attached hydrogens (tertiary/aromatic N) is 6. The van der Waals surface area contributed by atoms with Gasteiger partial charge in [0.05, 0.1) is 12.2 Å². The number of hydrogen-bond donors (Lipinski definition) is 1. The van der Waals surface area contributed by atoms with Crippen LogP contribution in [0.1, 0.15) is 17.4 Å². The minimum absolute atomic E-state index is 0.0814. The van der Waals surface area contributed by atoms with Gasteiger partial charge in [-0.15, -0.1) is 0 Å². The second-order valence-electron chi connectivity index (χ2n) is 7.49. The van der Waals surface area contributed by atoms with Crippen LogP contribution >= 0.6 is 11.6 Å². The maximum atomic E-state index is 13.4. The molecule has 1 saturated heterocycles. The first-order valence-electron chi connectivity index (χ1n) is 10.4. The zero-order chi connectivity index (χ0) is 22.6. The van der Waals surface area contributed by atoms with Crippen LogP contribution < -0.4 is 9.64 Å². The molecule has 1 aliphatic rings. The van der Waals surface area contributed by atoms with Crippen LogP contribution in [0.15, 0.2) is 73.4 Å². The monoisotopic (exact) mass is 461 g/mol. The molecule has 10 heteroatoms. The molecule has 2 amide bonds. The van der Waals surface area contributed by atoms with Gasteiger partial charge in [0.2, 0.25) is 5.88 Å². The fraction of sp³-hybridized carbons (Fsp3) is 0.174. The smallest absolute Gasteiger partial charge is 0.325 e. The highest BCUT2D eigenvalue weighted by molar-refractivity contribution is 6.30. The number of aromatic nitrogens is 5. The molecule has 33 heavy (non-hydrogen) atoms. The molecule has 0 spiro atoms. The molecule has 0 bridgehead atoms. The van der Waals surface area contributed by atoms with E-state index in [4.69, 9.17) is 16.3 Å². The van der Waals surface area contributed by atoms with Crippen molar-refractivity contribution in [2.45, 2.75) is 12.5 Å². The molecule has 1 aliphatic heterocycles. The van der Waals surface area contributed by atoms with Crippen LogP contribution in [-0.2, 0) is 6.42 Å². The van der Waals surface area contributed by atoms with Crippen LogP contribution in [0.3, 0.4) is 0 Å². The van der Waals surface area contributed by atoms with E-state index in [-0.39, 0.29) is 12.1 Å². The standard InChI is InChI=1S/C23H20ClN7O2/c24-17-4-6-18(7-5-17)31-20(14-30(23(31)32)11-8-21-27-15-28-29-21)16-2-1-3-19(12-16)33-22-13-25-9-10-26-22/h1-7,9-10,12-13,15,20H,8,11,14H2,(H,27,28,29). The number of H-pyrrole nitrogens is 1. The number of nitrogens with one attached hydrogen (secondary N) is 1. The lowest BCUT2D eigenvalue weighted by molar-refractivity contribution is 0.221. The van der Waals surface area contributed by atoms with E-state index >= 15 is 0 Å². The molecule has 1 N–H and O–H groups in total. The first-order chi connectivity index (χ1) is 16.2. The highest BCUT2D eigenvalue weighted by atomic mass is 35.5. The van der Waals surface area contributed by atoms with Gasteiger partial charge < -0.3 is 9.64 Å². The molecule has 2 aromatic carbocycles. The van der Waals surface area contributed by atoms with Crippen molar-refractivity contribution in [1.82, 2.24) is 30.0 Å². The van der Waals surface area contributed by atoms with E-state index in [1.807, 2.05) is 41.3 Å². The molecule has 1 unspecified atom stereocenters. The Kier molecular flexibility index (Phi) is 5.86. The zero-order valence-electron chi connectivity index (χ0n) is 17.5. The third-order valence-corrected chi connectivity index (χ3v) is 5.63. The van der Waals surface area contributed by atoms with Crippen LogP contribution in [0.2, 0.25) is 5.02 Å². The van der Waals surface area contributed by atoms with Crippen LogP contribution in [0.25, 0.3) is 0 Å². The summed E-state index contributed by atoms with van der Waals surface area (Å²) in [6.45, 7) is 1.04. The van der Waals surface area contributed by atoms with Crippen molar-refractivity contribution in [3.63, 3.8) is 0 Å². The van der Waals surface area contributed by atoms with E-state index in [1.165, 1.54) is 6.33 Å². The Balaban J connectivity index is 1.43. The van der Waals surface area contributed by atoms with Crippen molar-refractivity contribution >= 4 is 23.3 Å². The van der Waals surface area contributed by atoms with Gasteiger partial charge in [0, 0.05) is 42.6 Å². The van der Waals surface area contributed by atoms with E-state index in [2.05, 4.69) is 25.1 Å². The summed E-state index contributed by atoms with van der Waals surface area (Å²) in [5.74, 6) is 1.76. The number of carbonyl (C=O) groups is 1. The molecule has 5 rings (SSSR count). The molecular formula is C23H20ClN7O2. The van der Waals surface area contributed by atoms with Crippen molar-refractivity contribution in [2.24, 2.45) is 0 Å². The topological polar surface area (TPSA) is 100 Å². The number of amides is 2. The van der Waals surface area contributed by atoms with Crippen LogP contribution in [0.5, 0.6) is 11.6 Å². The van der Waals surface area contributed by atoms with Crippen LogP contribution in [0, 0.1) is 0 Å². The van der Waals surface area contributed by atoms with Gasteiger partial charge in [-0.25, -0.2) is 14.8 Å². The summed E-state index contributed by atoms with van der Waals surface area (Å²) < 4.78 is 5.86. The third-order valence-electron chi connectivity index (χ3n) is 5.37. The Morgan fingerprint density at radius 2 is 2.00 bits per heavy atom. The maximum Gasteiger partial charge on any atom is 0.325 e. The highest BCUT2D eigenvalue weighted by Crippen LogP contribution is 2.36. The lowest BCUT2D eigenvalue weighted by Gasteiger charge is -2.24. The lowest BCUT2D eigenvalue weighted by Crippen LogP contribution is -2.33. The van der Waals surface area contributed by atoms with Crippen molar-refractivity contribution < 1.29 is 9.53 Å². The summed E-state index contributed by atoms with van der Waals surface area (Å²) in [6, 6.07) is 14.7. The van der Waals surface area contributed by atoms with E-state index in [0.717, 1.165) is 17.1 Å². The summed E-state index contributed by atoms with van der Waals surface area (Å²) in [4.78, 5) is 29.4. The Hall–Kier alpha value is -3.98. The number of urea groups is 1. The summed E-state index contributed by atoms with van der Waals surface area (Å²) >= 11 is 6.08. The largest absolute Gasteiger partial charge is 0.437 e. The predicted octanol–water partition coefficient (Wildman–Crippen LogP) is 4.27. The summed E-state index contributed by atoms with van der Waals surface area (Å²) in [7, 11) is 0. The molecular weight excluding hydrogens is 442 g/mol. The van der Waals surface area contributed by atoms with Gasteiger partial charge in [-0.1, -0.05) is 23.7 Å². The lowest BCUT2D eigenvalue weighted by atomic mass is 10.1. The molecule has 2 aromatic heterocycles. The van der Waals surface area contributed by atoms with Gasteiger partial charge in [-0.3, -0.25) is 15.0 Å². The van der Waals surface area contributed by atoms with Gasteiger partial charge in [0.25, 0.3) is 0 Å². The average Bonchev–Trinajstić information content (AvgIpc) is 3.47. The number of hydrogen-bond acceptors (Lipinski definition) is 6. The van der Waals surface area contributed by atoms with Gasteiger partial charge in [0.1, 0.15) is 17.9 Å². The van der Waals surface area contributed by atoms with Gasteiger partial charge in [-0.05, 0) is 42.0 Å². The number of carbonyl (C=O) groups excluding carboxylic acids is 1. The number of ether oxygens (including phenoxy) is 1. The molecule has 0 radical (unpaired) electrons. The van der Waals surface area contributed by atoms with Crippen molar-refractivity contribution in [2.75, 3.05) is 18.0 Å². The first-order valence-corrected chi connectivity index (χ1v) is 10.8. The fourth-order valence-corrected chi connectivity index (χ4v) is 3.95. The van der Waals surface area contributed by atoms with Crippen molar-refractivity contribution in [1.29, 1.82) is 0 Å². The number of halogens is 1. The van der Waals surface area contributed by atoms with E-state index in [9.17, 15) is 4.79 Å². The number of rotatable bonds is 7. The minimum Gasteiger partial charge on any atom is -0.437 e. The molecule has 3 heterocycles. The molecule has 9 nitrogen and oxygen atoms in total. The Labute approximate surface area is 195 Å². The summed E-state index contributed by atoms with van der Waals surface area (Å²) in [5.41, 5.74) is 1.72. The van der Waals surface area contributed by atoms with Crippen LogP contribution in [-0.4, -0.2) is 49.2 Å². The van der Waals surface area contributed by atoms with Crippen molar-refractivity contribution in [3.05, 3.63) is 89.9 Å². The van der Waals surface area contributed by atoms with E-state index < -0.39 is 0 Å². The predicted molar refractivity (Wildman–Crippen MR) is 122 cm³/mol. The fourth-order valence-electron chi connectivity index (χ4n) is 3.82. The first kappa shape index (κ1) is 20.9. The van der Waals surface area contributed by atoms with Gasteiger partial charge in [-0.2, -0.15) is 5.10 Å². The Bertz CT molecular complexity index is 1220. The molecule has 0 saturated carbocycles. The van der Waals surface area contributed by atoms with E-state index in [1.54, 1.807) is 35.6 Å². The minimum atomic E-state index is -0.209. The summed E-state index contributed by atoms with van der Waals surface area (Å²) in [6.07, 6.45) is 6.76. The molecule has 1 fully saturated rings.